The molecule has 0 saturated carbocycles. The van der Waals surface area contributed by atoms with E-state index in [1.54, 1.807) is 7.11 Å². The first-order valence-electron chi connectivity index (χ1n) is 4.43. The summed E-state index contributed by atoms with van der Waals surface area (Å²) in [6, 6.07) is 11.7. The van der Waals surface area contributed by atoms with E-state index in [1.165, 1.54) is 0 Å². The highest BCUT2D eigenvalue weighted by molar-refractivity contribution is 14.1. The van der Waals surface area contributed by atoms with Gasteiger partial charge in [0.2, 0.25) is 0 Å². The Balaban J connectivity index is 2.33. The van der Waals surface area contributed by atoms with Gasteiger partial charge in [0.15, 0.2) is 0 Å². The predicted molar refractivity (Wildman–Crippen MR) is 66.7 cm³/mol. The number of rotatable bonds is 2. The number of methoxy groups -OCH3 is 1. The minimum absolute atomic E-state index is 0.845. The molecule has 0 fully saturated rings. The van der Waals surface area contributed by atoms with Gasteiger partial charge < -0.3 is 4.74 Å². The number of hydrogen-bond donors (Lipinski definition) is 0. The van der Waals surface area contributed by atoms with Gasteiger partial charge in [0.25, 0.3) is 0 Å². The molecular formula is C11H9IN2O. The van der Waals surface area contributed by atoms with Gasteiger partial charge in [0.05, 0.1) is 12.8 Å². The maximum Gasteiger partial charge on any atom is 0.124 e. The molecule has 0 saturated heterocycles. The fraction of sp³-hybridized carbons (Fsp3) is 0.0909. The minimum Gasteiger partial charge on any atom is -0.497 e. The molecule has 0 bridgehead atoms. The monoisotopic (exact) mass is 312 g/mol. The van der Waals surface area contributed by atoms with Crippen LogP contribution in [0.1, 0.15) is 0 Å². The molecule has 0 aliphatic rings. The van der Waals surface area contributed by atoms with Gasteiger partial charge in [0, 0.05) is 5.56 Å². The lowest BCUT2D eigenvalue weighted by molar-refractivity contribution is 0.415. The largest absolute Gasteiger partial charge is 0.497 e. The average Bonchev–Trinajstić information content (AvgIpc) is 2.30. The van der Waals surface area contributed by atoms with E-state index in [9.17, 15) is 0 Å². The first-order valence-corrected chi connectivity index (χ1v) is 5.51. The van der Waals surface area contributed by atoms with Crippen molar-refractivity contribution < 1.29 is 4.74 Å². The van der Waals surface area contributed by atoms with Gasteiger partial charge in [0.1, 0.15) is 9.45 Å². The molecule has 2 rings (SSSR count). The quantitative estimate of drug-likeness (QED) is 0.800. The van der Waals surface area contributed by atoms with Gasteiger partial charge in [-0.3, -0.25) is 0 Å². The molecule has 0 spiro atoms. The zero-order valence-electron chi connectivity index (χ0n) is 8.14. The molecule has 0 aliphatic heterocycles. The molecule has 3 nitrogen and oxygen atoms in total. The van der Waals surface area contributed by atoms with Gasteiger partial charge in [-0.05, 0) is 59.0 Å². The van der Waals surface area contributed by atoms with Crippen molar-refractivity contribution in [2.45, 2.75) is 0 Å². The highest BCUT2D eigenvalue weighted by Gasteiger charge is 2.00. The summed E-state index contributed by atoms with van der Waals surface area (Å²) < 4.78 is 5.98. The van der Waals surface area contributed by atoms with E-state index in [0.717, 1.165) is 20.7 Å². The number of ether oxygens (including phenoxy) is 1. The third kappa shape index (κ3) is 2.44. The Bertz CT molecular complexity index is 439. The number of hydrogen-bond acceptors (Lipinski definition) is 3. The molecule has 76 valence electrons. The summed E-state index contributed by atoms with van der Waals surface area (Å²) in [7, 11) is 1.65. The Morgan fingerprint density at radius 1 is 1.00 bits per heavy atom. The summed E-state index contributed by atoms with van der Waals surface area (Å²) in [5.74, 6) is 0.845. The summed E-state index contributed by atoms with van der Waals surface area (Å²) in [5, 5.41) is 8.11. The van der Waals surface area contributed by atoms with Gasteiger partial charge >= 0.3 is 0 Å². The van der Waals surface area contributed by atoms with Crippen LogP contribution in [0.3, 0.4) is 0 Å². The van der Waals surface area contributed by atoms with Gasteiger partial charge in [-0.1, -0.05) is 0 Å². The van der Waals surface area contributed by atoms with Crippen LogP contribution in [0.5, 0.6) is 5.75 Å². The van der Waals surface area contributed by atoms with Crippen LogP contribution in [0.4, 0.5) is 0 Å². The van der Waals surface area contributed by atoms with Gasteiger partial charge in [-0.15, -0.1) is 10.2 Å². The van der Waals surface area contributed by atoms with Gasteiger partial charge in [-0.2, -0.15) is 0 Å². The summed E-state index contributed by atoms with van der Waals surface area (Å²) in [6.07, 6.45) is 0. The van der Waals surface area contributed by atoms with E-state index in [0.29, 0.717) is 0 Å². The van der Waals surface area contributed by atoms with Gasteiger partial charge in [-0.25, -0.2) is 0 Å². The van der Waals surface area contributed by atoms with Crippen molar-refractivity contribution in [1.82, 2.24) is 10.2 Å². The molecule has 0 aliphatic carbocycles. The Morgan fingerprint density at radius 3 is 2.27 bits per heavy atom. The molecule has 4 heteroatoms. The zero-order chi connectivity index (χ0) is 10.7. The molecule has 0 amide bonds. The van der Waals surface area contributed by atoms with Crippen LogP contribution in [-0.2, 0) is 0 Å². The molecular weight excluding hydrogens is 303 g/mol. The van der Waals surface area contributed by atoms with Crippen molar-refractivity contribution in [3.8, 4) is 17.0 Å². The highest BCUT2D eigenvalue weighted by atomic mass is 127. The minimum atomic E-state index is 0.845. The molecule has 0 atom stereocenters. The summed E-state index contributed by atoms with van der Waals surface area (Å²) >= 11 is 2.13. The molecule has 0 unspecified atom stereocenters. The molecule has 1 aromatic carbocycles. The van der Waals surface area contributed by atoms with E-state index in [4.69, 9.17) is 4.74 Å². The standard InChI is InChI=1S/C11H9IN2O/c1-15-9-4-2-8(3-5-9)10-6-7-11(12)14-13-10/h2-7H,1H3. The Hall–Kier alpha value is -1.17. The smallest absolute Gasteiger partial charge is 0.124 e. The maximum absolute atomic E-state index is 5.09. The van der Waals surface area contributed by atoms with Crippen LogP contribution in [0.15, 0.2) is 36.4 Å². The molecule has 0 radical (unpaired) electrons. The van der Waals surface area contributed by atoms with Crippen molar-refractivity contribution >= 4 is 22.6 Å². The Kier molecular flexibility index (Phi) is 3.15. The van der Waals surface area contributed by atoms with Crippen LogP contribution < -0.4 is 4.74 Å². The fourth-order valence-corrected chi connectivity index (χ4v) is 1.52. The fourth-order valence-electron chi connectivity index (χ4n) is 1.23. The molecule has 1 heterocycles. The molecule has 0 N–H and O–H groups in total. The number of benzene rings is 1. The topological polar surface area (TPSA) is 35.0 Å². The van der Waals surface area contributed by atoms with E-state index in [-0.39, 0.29) is 0 Å². The lowest BCUT2D eigenvalue weighted by Gasteiger charge is -2.02. The van der Waals surface area contributed by atoms with E-state index >= 15 is 0 Å². The van der Waals surface area contributed by atoms with E-state index in [1.807, 2.05) is 36.4 Å². The summed E-state index contributed by atoms with van der Waals surface area (Å²) in [4.78, 5) is 0. The highest BCUT2D eigenvalue weighted by Crippen LogP contribution is 2.19. The SMILES string of the molecule is COc1ccc(-c2ccc(I)nn2)cc1. The van der Waals surface area contributed by atoms with Crippen molar-refractivity contribution in [3.05, 3.63) is 40.1 Å². The van der Waals surface area contributed by atoms with Crippen molar-refractivity contribution in [2.24, 2.45) is 0 Å². The first-order chi connectivity index (χ1) is 7.29. The zero-order valence-corrected chi connectivity index (χ0v) is 10.3. The molecule has 2 aromatic rings. The molecule has 15 heavy (non-hydrogen) atoms. The Morgan fingerprint density at radius 2 is 1.73 bits per heavy atom. The van der Waals surface area contributed by atoms with Crippen LogP contribution in [0, 0.1) is 3.70 Å². The third-order valence-corrected chi connectivity index (χ3v) is 2.59. The first kappa shape index (κ1) is 10.4. The normalized spacial score (nSPS) is 10.0. The number of nitrogens with zero attached hydrogens (tertiary/aromatic N) is 2. The number of aromatic nitrogens is 2. The van der Waals surface area contributed by atoms with E-state index < -0.39 is 0 Å². The van der Waals surface area contributed by atoms with Crippen molar-refractivity contribution in [1.29, 1.82) is 0 Å². The van der Waals surface area contributed by atoms with Crippen LogP contribution >= 0.6 is 22.6 Å². The van der Waals surface area contributed by atoms with E-state index in [2.05, 4.69) is 32.8 Å². The van der Waals surface area contributed by atoms with Crippen LogP contribution in [0.2, 0.25) is 0 Å². The average molecular weight is 312 g/mol. The summed E-state index contributed by atoms with van der Waals surface area (Å²) in [5.41, 5.74) is 1.91. The molecule has 1 aromatic heterocycles. The third-order valence-electron chi connectivity index (χ3n) is 2.02. The lowest BCUT2D eigenvalue weighted by atomic mass is 10.1. The Labute approximate surface area is 102 Å². The second kappa shape index (κ2) is 4.57. The van der Waals surface area contributed by atoms with Crippen LogP contribution in [-0.4, -0.2) is 17.3 Å². The predicted octanol–water partition coefficient (Wildman–Crippen LogP) is 2.76. The second-order valence-corrected chi connectivity index (χ2v) is 4.08. The lowest BCUT2D eigenvalue weighted by Crippen LogP contribution is -1.89. The summed E-state index contributed by atoms with van der Waals surface area (Å²) in [6.45, 7) is 0. The maximum atomic E-state index is 5.09. The van der Waals surface area contributed by atoms with Crippen LogP contribution in [0.25, 0.3) is 11.3 Å². The number of halogens is 1. The second-order valence-electron chi connectivity index (χ2n) is 2.97. The van der Waals surface area contributed by atoms with Crippen molar-refractivity contribution in [2.75, 3.05) is 7.11 Å². The van der Waals surface area contributed by atoms with Crippen molar-refractivity contribution in [3.63, 3.8) is 0 Å².